The van der Waals surface area contributed by atoms with Crippen LogP contribution in [0.25, 0.3) is 11.0 Å². The van der Waals surface area contributed by atoms with Crippen LogP contribution in [0.2, 0.25) is 0 Å². The molecule has 1 aromatic heterocycles. The maximum atomic E-state index is 13.0. The Balaban J connectivity index is 2.54. The minimum Gasteiger partial charge on any atom is -0.353 e. The fourth-order valence-corrected chi connectivity index (χ4v) is 1.56. The number of hydrogen-bond donors (Lipinski definition) is 1. The van der Waals surface area contributed by atoms with Gasteiger partial charge in [-0.15, -0.1) is 0 Å². The van der Waals surface area contributed by atoms with Crippen molar-refractivity contribution in [3.8, 4) is 0 Å². The van der Waals surface area contributed by atoms with Gasteiger partial charge in [0.25, 0.3) is 0 Å². The van der Waals surface area contributed by atoms with Crippen LogP contribution in [0, 0.1) is 5.82 Å². The summed E-state index contributed by atoms with van der Waals surface area (Å²) in [4.78, 5) is 4.33. The number of rotatable bonds is 2. The number of anilines is 1. The van der Waals surface area contributed by atoms with E-state index < -0.39 is 0 Å². The molecular formula is C11H14FN3. The minimum absolute atomic E-state index is 0.253. The van der Waals surface area contributed by atoms with Gasteiger partial charge in [0.2, 0.25) is 5.95 Å². The number of benzene rings is 1. The van der Waals surface area contributed by atoms with Gasteiger partial charge in [-0.3, -0.25) is 0 Å². The molecule has 0 amide bonds. The average Bonchev–Trinajstić information content (AvgIpc) is 2.42. The summed E-state index contributed by atoms with van der Waals surface area (Å²) in [5, 5.41) is 3.21. The Labute approximate surface area is 87.9 Å². The summed E-state index contributed by atoms with van der Waals surface area (Å²) in [5.74, 6) is 0.516. The van der Waals surface area contributed by atoms with Crippen molar-refractivity contribution >= 4 is 17.0 Å². The monoisotopic (exact) mass is 207 g/mol. The number of halogens is 1. The lowest BCUT2D eigenvalue weighted by Gasteiger charge is -2.08. The van der Waals surface area contributed by atoms with E-state index in [0.717, 1.165) is 11.5 Å². The highest BCUT2D eigenvalue weighted by molar-refractivity contribution is 5.78. The Morgan fingerprint density at radius 3 is 2.80 bits per heavy atom. The first-order chi connectivity index (χ1) is 7.08. The quantitative estimate of drug-likeness (QED) is 0.820. The van der Waals surface area contributed by atoms with Crippen LogP contribution in [0.5, 0.6) is 0 Å². The van der Waals surface area contributed by atoms with Crippen molar-refractivity contribution < 1.29 is 4.39 Å². The van der Waals surface area contributed by atoms with Gasteiger partial charge >= 0.3 is 0 Å². The van der Waals surface area contributed by atoms with Crippen molar-refractivity contribution in [3.05, 3.63) is 24.0 Å². The number of hydrogen-bond acceptors (Lipinski definition) is 2. The van der Waals surface area contributed by atoms with Gasteiger partial charge in [0, 0.05) is 19.2 Å². The smallest absolute Gasteiger partial charge is 0.203 e. The van der Waals surface area contributed by atoms with E-state index in [2.05, 4.69) is 10.3 Å². The molecule has 15 heavy (non-hydrogen) atoms. The minimum atomic E-state index is -0.253. The zero-order valence-corrected chi connectivity index (χ0v) is 9.08. The Morgan fingerprint density at radius 1 is 1.40 bits per heavy atom. The van der Waals surface area contributed by atoms with Gasteiger partial charge in [-0.2, -0.15) is 0 Å². The standard InChI is InChI=1S/C11H14FN3/c1-7(2)13-11-14-9-6-8(12)4-5-10(9)15(11)3/h4-7H,1-3H3,(H,13,14). The third-order valence-corrected chi connectivity index (χ3v) is 2.26. The van der Waals surface area contributed by atoms with Crippen molar-refractivity contribution in [1.82, 2.24) is 9.55 Å². The average molecular weight is 207 g/mol. The highest BCUT2D eigenvalue weighted by Crippen LogP contribution is 2.19. The van der Waals surface area contributed by atoms with Gasteiger partial charge < -0.3 is 9.88 Å². The summed E-state index contributed by atoms with van der Waals surface area (Å²) in [6, 6.07) is 4.94. The van der Waals surface area contributed by atoms with E-state index in [-0.39, 0.29) is 5.82 Å². The van der Waals surface area contributed by atoms with Crippen LogP contribution in [0.15, 0.2) is 18.2 Å². The fourth-order valence-electron chi connectivity index (χ4n) is 1.56. The molecule has 0 fully saturated rings. The third-order valence-electron chi connectivity index (χ3n) is 2.26. The van der Waals surface area contributed by atoms with Gasteiger partial charge in [0.1, 0.15) is 5.82 Å². The number of aryl methyl sites for hydroxylation is 1. The van der Waals surface area contributed by atoms with E-state index in [4.69, 9.17) is 0 Å². The van der Waals surface area contributed by atoms with Gasteiger partial charge in [-0.1, -0.05) is 0 Å². The molecule has 1 heterocycles. The van der Waals surface area contributed by atoms with E-state index in [1.54, 1.807) is 6.07 Å². The molecule has 0 atom stereocenters. The maximum Gasteiger partial charge on any atom is 0.203 e. The summed E-state index contributed by atoms with van der Waals surface area (Å²) in [5.41, 5.74) is 1.61. The van der Waals surface area contributed by atoms with Crippen molar-refractivity contribution in [2.75, 3.05) is 5.32 Å². The first kappa shape index (κ1) is 9.96. The number of imidazole rings is 1. The molecule has 1 aromatic carbocycles. The van der Waals surface area contributed by atoms with Crippen LogP contribution in [-0.4, -0.2) is 15.6 Å². The van der Waals surface area contributed by atoms with Gasteiger partial charge in [-0.05, 0) is 26.0 Å². The van der Waals surface area contributed by atoms with Crippen LogP contribution in [0.3, 0.4) is 0 Å². The Kier molecular flexibility index (Phi) is 2.34. The highest BCUT2D eigenvalue weighted by Gasteiger charge is 2.08. The molecule has 2 rings (SSSR count). The zero-order chi connectivity index (χ0) is 11.0. The second-order valence-corrected chi connectivity index (χ2v) is 3.93. The highest BCUT2D eigenvalue weighted by atomic mass is 19.1. The molecule has 80 valence electrons. The molecule has 0 unspecified atom stereocenters. The summed E-state index contributed by atoms with van der Waals surface area (Å²) in [6.45, 7) is 4.08. The first-order valence-corrected chi connectivity index (χ1v) is 4.96. The van der Waals surface area contributed by atoms with Crippen LogP contribution < -0.4 is 5.32 Å². The lowest BCUT2D eigenvalue weighted by molar-refractivity contribution is 0.629. The van der Waals surface area contributed by atoms with Crippen LogP contribution in [0.1, 0.15) is 13.8 Å². The lowest BCUT2D eigenvalue weighted by Crippen LogP contribution is -2.13. The number of nitrogens with one attached hydrogen (secondary N) is 1. The number of aromatic nitrogens is 2. The largest absolute Gasteiger partial charge is 0.353 e. The molecule has 0 radical (unpaired) electrons. The molecule has 0 bridgehead atoms. The summed E-state index contributed by atoms with van der Waals surface area (Å²) < 4.78 is 14.9. The van der Waals surface area contributed by atoms with E-state index in [1.807, 2.05) is 25.5 Å². The summed E-state index contributed by atoms with van der Waals surface area (Å²) in [6.07, 6.45) is 0. The first-order valence-electron chi connectivity index (χ1n) is 4.96. The molecule has 2 aromatic rings. The number of nitrogens with zero attached hydrogens (tertiary/aromatic N) is 2. The molecule has 0 spiro atoms. The second kappa shape index (κ2) is 3.53. The zero-order valence-electron chi connectivity index (χ0n) is 9.08. The van der Waals surface area contributed by atoms with Crippen LogP contribution >= 0.6 is 0 Å². The SMILES string of the molecule is CC(C)Nc1nc2cc(F)ccc2n1C. The Bertz CT molecular complexity index is 488. The molecule has 0 aliphatic heterocycles. The van der Waals surface area contributed by atoms with E-state index in [0.29, 0.717) is 11.6 Å². The van der Waals surface area contributed by atoms with Crippen LogP contribution in [0.4, 0.5) is 10.3 Å². The van der Waals surface area contributed by atoms with Gasteiger partial charge in [0.15, 0.2) is 0 Å². The van der Waals surface area contributed by atoms with Crippen molar-refractivity contribution in [1.29, 1.82) is 0 Å². The molecule has 0 saturated carbocycles. The normalized spacial score (nSPS) is 11.3. The third kappa shape index (κ3) is 1.79. The molecule has 0 saturated heterocycles. The predicted molar refractivity (Wildman–Crippen MR) is 59.4 cm³/mol. The van der Waals surface area contributed by atoms with Crippen LogP contribution in [-0.2, 0) is 7.05 Å². The maximum absolute atomic E-state index is 13.0. The molecule has 0 aliphatic rings. The molecular weight excluding hydrogens is 193 g/mol. The van der Waals surface area contributed by atoms with Crippen molar-refractivity contribution in [3.63, 3.8) is 0 Å². The van der Waals surface area contributed by atoms with Crippen molar-refractivity contribution in [2.24, 2.45) is 7.05 Å². The van der Waals surface area contributed by atoms with E-state index in [1.165, 1.54) is 12.1 Å². The van der Waals surface area contributed by atoms with Gasteiger partial charge in [0.05, 0.1) is 11.0 Å². The second-order valence-electron chi connectivity index (χ2n) is 3.93. The van der Waals surface area contributed by atoms with E-state index >= 15 is 0 Å². The molecule has 3 nitrogen and oxygen atoms in total. The molecule has 0 aliphatic carbocycles. The number of fused-ring (bicyclic) bond motifs is 1. The topological polar surface area (TPSA) is 29.9 Å². The predicted octanol–water partition coefficient (Wildman–Crippen LogP) is 2.53. The summed E-state index contributed by atoms with van der Waals surface area (Å²) in [7, 11) is 1.91. The summed E-state index contributed by atoms with van der Waals surface area (Å²) >= 11 is 0. The Morgan fingerprint density at radius 2 is 2.13 bits per heavy atom. The molecule has 4 heteroatoms. The molecule has 1 N–H and O–H groups in total. The lowest BCUT2D eigenvalue weighted by atomic mass is 10.3. The van der Waals surface area contributed by atoms with Crippen molar-refractivity contribution in [2.45, 2.75) is 19.9 Å². The Hall–Kier alpha value is -1.58. The fraction of sp³-hybridized carbons (Fsp3) is 0.364. The van der Waals surface area contributed by atoms with E-state index in [9.17, 15) is 4.39 Å². The van der Waals surface area contributed by atoms with Gasteiger partial charge in [-0.25, -0.2) is 9.37 Å².